The van der Waals surface area contributed by atoms with Gasteiger partial charge < -0.3 is 10.1 Å². The molecule has 138 valence electrons. The van der Waals surface area contributed by atoms with Crippen molar-refractivity contribution in [2.75, 3.05) is 11.9 Å². The second-order valence-electron chi connectivity index (χ2n) is 6.25. The van der Waals surface area contributed by atoms with Gasteiger partial charge in [-0.2, -0.15) is 0 Å². The van der Waals surface area contributed by atoms with E-state index in [2.05, 4.69) is 12.2 Å². The van der Waals surface area contributed by atoms with Gasteiger partial charge in [-0.05, 0) is 42.9 Å². The topological polar surface area (TPSA) is 55.4 Å². The highest BCUT2D eigenvalue weighted by atomic mass is 32.1. The highest BCUT2D eigenvalue weighted by molar-refractivity contribution is 7.10. The maximum absolute atomic E-state index is 13.5. The first kappa shape index (κ1) is 18.4. The van der Waals surface area contributed by atoms with Gasteiger partial charge in [0, 0.05) is 10.3 Å². The van der Waals surface area contributed by atoms with Crippen LogP contribution in [0.15, 0.2) is 17.5 Å². The summed E-state index contributed by atoms with van der Waals surface area (Å²) in [6.07, 6.45) is 2.69. The van der Waals surface area contributed by atoms with Crippen LogP contribution >= 0.6 is 11.3 Å². The molecule has 1 aromatic heterocycles. The Morgan fingerprint density at radius 2 is 2.04 bits per heavy atom. The summed E-state index contributed by atoms with van der Waals surface area (Å²) < 4.78 is 44.5. The summed E-state index contributed by atoms with van der Waals surface area (Å²) in [5, 5.41) is 3.77. The molecule has 1 N–H and O–H groups in total. The van der Waals surface area contributed by atoms with Crippen molar-refractivity contribution in [1.29, 1.82) is 0 Å². The number of ether oxygens (including phenoxy) is 1. The Labute approximate surface area is 152 Å². The van der Waals surface area contributed by atoms with Crippen LogP contribution in [0.1, 0.15) is 34.1 Å². The van der Waals surface area contributed by atoms with E-state index >= 15 is 0 Å². The fourth-order valence-electron chi connectivity index (χ4n) is 2.87. The number of carbonyl (C=O) groups is 2. The number of esters is 1. The van der Waals surface area contributed by atoms with Gasteiger partial charge in [-0.15, -0.1) is 11.3 Å². The van der Waals surface area contributed by atoms with Crippen molar-refractivity contribution in [1.82, 2.24) is 0 Å². The van der Waals surface area contributed by atoms with Crippen molar-refractivity contribution in [3.05, 3.63) is 51.0 Å². The molecule has 0 saturated heterocycles. The van der Waals surface area contributed by atoms with Crippen LogP contribution in [0.4, 0.5) is 18.9 Å². The van der Waals surface area contributed by atoms with E-state index in [1.807, 2.05) is 0 Å². The SMILES string of the molecule is CC1CCc2c(C(=O)OCC(=O)Nc3ccc(F)c(F)c3F)csc2C1. The van der Waals surface area contributed by atoms with Crippen LogP contribution in [-0.2, 0) is 22.4 Å². The number of rotatable bonds is 4. The van der Waals surface area contributed by atoms with Gasteiger partial charge in [-0.25, -0.2) is 18.0 Å². The van der Waals surface area contributed by atoms with E-state index in [0.717, 1.165) is 35.8 Å². The van der Waals surface area contributed by atoms with E-state index in [-0.39, 0.29) is 0 Å². The molecule has 3 rings (SSSR count). The Balaban J connectivity index is 1.60. The number of benzene rings is 1. The molecule has 0 bridgehead atoms. The van der Waals surface area contributed by atoms with Crippen LogP contribution in [0.5, 0.6) is 0 Å². The number of nitrogens with one attached hydrogen (secondary N) is 1. The predicted octanol–water partition coefficient (Wildman–Crippen LogP) is 4.09. The molecule has 0 fully saturated rings. The highest BCUT2D eigenvalue weighted by Gasteiger charge is 2.24. The molecule has 1 aromatic carbocycles. The lowest BCUT2D eigenvalue weighted by Gasteiger charge is -2.18. The van der Waals surface area contributed by atoms with E-state index in [0.29, 0.717) is 17.5 Å². The number of halogens is 3. The van der Waals surface area contributed by atoms with E-state index < -0.39 is 41.6 Å². The molecule has 1 aliphatic rings. The van der Waals surface area contributed by atoms with Gasteiger partial charge in [-0.3, -0.25) is 4.79 Å². The molecule has 8 heteroatoms. The zero-order chi connectivity index (χ0) is 18.8. The van der Waals surface area contributed by atoms with Crippen molar-refractivity contribution in [2.45, 2.75) is 26.2 Å². The summed E-state index contributed by atoms with van der Waals surface area (Å²) >= 11 is 1.50. The van der Waals surface area contributed by atoms with E-state index in [1.165, 1.54) is 11.3 Å². The van der Waals surface area contributed by atoms with Crippen LogP contribution in [-0.4, -0.2) is 18.5 Å². The summed E-state index contributed by atoms with van der Waals surface area (Å²) in [6.45, 7) is 1.50. The van der Waals surface area contributed by atoms with Crippen molar-refractivity contribution in [2.24, 2.45) is 5.92 Å². The lowest BCUT2D eigenvalue weighted by atomic mass is 9.88. The lowest BCUT2D eigenvalue weighted by molar-refractivity contribution is -0.119. The van der Waals surface area contributed by atoms with Crippen LogP contribution in [0.2, 0.25) is 0 Å². The van der Waals surface area contributed by atoms with Crippen molar-refractivity contribution in [3.8, 4) is 0 Å². The molecule has 26 heavy (non-hydrogen) atoms. The summed E-state index contributed by atoms with van der Waals surface area (Å²) in [6, 6.07) is 1.59. The van der Waals surface area contributed by atoms with Crippen LogP contribution < -0.4 is 5.32 Å². The minimum Gasteiger partial charge on any atom is -0.452 e. The maximum Gasteiger partial charge on any atom is 0.339 e. The van der Waals surface area contributed by atoms with Crippen molar-refractivity contribution < 1.29 is 27.5 Å². The Bertz CT molecular complexity index is 866. The zero-order valence-electron chi connectivity index (χ0n) is 13.9. The second kappa shape index (κ2) is 7.49. The monoisotopic (exact) mass is 383 g/mol. The fraction of sp³-hybridized carbons (Fsp3) is 0.333. The third kappa shape index (κ3) is 3.75. The zero-order valence-corrected chi connectivity index (χ0v) is 14.7. The molecule has 0 spiro atoms. The molecule has 0 radical (unpaired) electrons. The molecular formula is C18H16F3NO3S. The number of hydrogen-bond donors (Lipinski definition) is 1. The first-order chi connectivity index (χ1) is 12.4. The number of anilines is 1. The molecule has 0 aliphatic heterocycles. The van der Waals surface area contributed by atoms with Crippen LogP contribution in [0.3, 0.4) is 0 Å². The third-order valence-corrected chi connectivity index (χ3v) is 5.32. The van der Waals surface area contributed by atoms with Gasteiger partial charge in [0.15, 0.2) is 24.1 Å². The summed E-state index contributed by atoms with van der Waals surface area (Å²) in [7, 11) is 0. The number of carbonyl (C=O) groups excluding carboxylic acids is 2. The van der Waals surface area contributed by atoms with Crippen LogP contribution in [0.25, 0.3) is 0 Å². The Hall–Kier alpha value is -2.35. The van der Waals surface area contributed by atoms with Gasteiger partial charge >= 0.3 is 5.97 Å². The molecule has 1 amide bonds. The van der Waals surface area contributed by atoms with Gasteiger partial charge in [0.1, 0.15) is 0 Å². The minimum atomic E-state index is -1.68. The average Bonchev–Trinajstić information content (AvgIpc) is 3.03. The number of fused-ring (bicyclic) bond motifs is 1. The highest BCUT2D eigenvalue weighted by Crippen LogP contribution is 2.33. The Kier molecular flexibility index (Phi) is 5.31. The summed E-state index contributed by atoms with van der Waals surface area (Å²) in [5.74, 6) is -5.45. The smallest absolute Gasteiger partial charge is 0.339 e. The van der Waals surface area contributed by atoms with E-state index in [4.69, 9.17) is 4.74 Å². The Morgan fingerprint density at radius 3 is 2.81 bits per heavy atom. The minimum absolute atomic E-state index is 0.448. The predicted molar refractivity (Wildman–Crippen MR) is 90.7 cm³/mol. The molecule has 4 nitrogen and oxygen atoms in total. The number of amides is 1. The quantitative estimate of drug-likeness (QED) is 0.639. The molecule has 0 saturated carbocycles. The molecule has 1 atom stereocenters. The lowest BCUT2D eigenvalue weighted by Crippen LogP contribution is -2.22. The molecular weight excluding hydrogens is 367 g/mol. The first-order valence-corrected chi connectivity index (χ1v) is 8.94. The van der Waals surface area contributed by atoms with Gasteiger partial charge in [0.05, 0.1) is 11.3 Å². The van der Waals surface area contributed by atoms with E-state index in [1.54, 1.807) is 5.38 Å². The fourth-order valence-corrected chi connectivity index (χ4v) is 4.10. The normalized spacial score (nSPS) is 16.1. The van der Waals surface area contributed by atoms with Crippen LogP contribution in [0, 0.1) is 23.4 Å². The number of hydrogen-bond acceptors (Lipinski definition) is 4. The molecule has 1 heterocycles. The van der Waals surface area contributed by atoms with Gasteiger partial charge in [0.2, 0.25) is 0 Å². The molecule has 1 unspecified atom stereocenters. The largest absolute Gasteiger partial charge is 0.452 e. The molecule has 1 aliphatic carbocycles. The summed E-state index contributed by atoms with van der Waals surface area (Å²) in [4.78, 5) is 25.2. The van der Waals surface area contributed by atoms with Gasteiger partial charge in [0.25, 0.3) is 5.91 Å². The first-order valence-electron chi connectivity index (χ1n) is 8.06. The van der Waals surface area contributed by atoms with E-state index in [9.17, 15) is 22.8 Å². The average molecular weight is 383 g/mol. The number of thiophene rings is 1. The molecule has 2 aromatic rings. The van der Waals surface area contributed by atoms with Crippen molar-refractivity contribution >= 4 is 28.9 Å². The summed E-state index contributed by atoms with van der Waals surface area (Å²) in [5.41, 5.74) is 0.890. The van der Waals surface area contributed by atoms with Gasteiger partial charge in [-0.1, -0.05) is 6.92 Å². The van der Waals surface area contributed by atoms with Crippen molar-refractivity contribution in [3.63, 3.8) is 0 Å². The Morgan fingerprint density at radius 1 is 1.27 bits per heavy atom. The standard InChI is InChI=1S/C18H16F3NO3S/c1-9-2-3-10-11(8-26-14(10)6-9)18(24)25-7-15(23)22-13-5-4-12(19)16(20)17(13)21/h4-5,8-9H,2-3,6-7H2,1H3,(H,22,23). The maximum atomic E-state index is 13.5. The third-order valence-electron chi connectivity index (χ3n) is 4.27. The second-order valence-corrected chi connectivity index (χ2v) is 7.21.